The first-order valence-electron chi connectivity index (χ1n) is 14.4. The number of ether oxygens (including phenoxy) is 2. The van der Waals surface area contributed by atoms with Gasteiger partial charge >= 0.3 is 0 Å². The van der Waals surface area contributed by atoms with Gasteiger partial charge in [0.25, 0.3) is 5.91 Å². The van der Waals surface area contributed by atoms with Crippen LogP contribution >= 0.6 is 0 Å². The second-order valence-electron chi connectivity index (χ2n) is 10.9. The third kappa shape index (κ3) is 8.58. The van der Waals surface area contributed by atoms with Gasteiger partial charge in [0.1, 0.15) is 0 Å². The van der Waals surface area contributed by atoms with Crippen molar-refractivity contribution in [2.45, 2.75) is 52.6 Å². The molecule has 0 spiro atoms. The summed E-state index contributed by atoms with van der Waals surface area (Å²) in [5, 5.41) is 8.49. The molecular formula is C31H46N4O5. The predicted molar refractivity (Wildman–Crippen MR) is 156 cm³/mol. The molecule has 1 aromatic carbocycles. The van der Waals surface area contributed by atoms with Crippen LogP contribution in [-0.2, 0) is 9.59 Å². The lowest BCUT2D eigenvalue weighted by atomic mass is 9.80. The van der Waals surface area contributed by atoms with E-state index in [1.165, 1.54) is 32.7 Å². The normalized spacial score (nSPS) is 21.5. The van der Waals surface area contributed by atoms with Crippen molar-refractivity contribution in [3.05, 3.63) is 47.6 Å². The quantitative estimate of drug-likeness (QED) is 0.432. The molecule has 1 aromatic rings. The molecule has 1 aliphatic carbocycles. The first-order chi connectivity index (χ1) is 19.3. The maximum Gasteiger partial charge on any atom is 0.254 e. The lowest BCUT2D eigenvalue weighted by Gasteiger charge is -2.32. The zero-order valence-electron chi connectivity index (χ0n) is 24.6. The van der Waals surface area contributed by atoms with Gasteiger partial charge < -0.3 is 30.3 Å². The van der Waals surface area contributed by atoms with Crippen LogP contribution in [0.15, 0.2) is 42.0 Å². The van der Waals surface area contributed by atoms with E-state index < -0.39 is 0 Å². The van der Waals surface area contributed by atoms with E-state index in [1.807, 2.05) is 13.8 Å². The topological polar surface area (TPSA) is 109 Å². The zero-order valence-corrected chi connectivity index (χ0v) is 24.6. The molecule has 2 fully saturated rings. The van der Waals surface area contributed by atoms with Crippen LogP contribution in [0.3, 0.4) is 0 Å². The highest BCUT2D eigenvalue weighted by molar-refractivity contribution is 5.95. The molecular weight excluding hydrogens is 508 g/mol. The summed E-state index contributed by atoms with van der Waals surface area (Å²) in [6.07, 6.45) is 11.8. The maximum absolute atomic E-state index is 13.2. The van der Waals surface area contributed by atoms with Gasteiger partial charge in [-0.3, -0.25) is 14.4 Å². The number of likely N-dealkylation sites (N-methyl/N-ethyl adjacent to an activating group) is 1. The van der Waals surface area contributed by atoms with Crippen molar-refractivity contribution < 1.29 is 23.9 Å². The van der Waals surface area contributed by atoms with E-state index in [4.69, 9.17) is 9.47 Å². The monoisotopic (exact) mass is 554 g/mol. The third-order valence-corrected chi connectivity index (χ3v) is 7.55. The summed E-state index contributed by atoms with van der Waals surface area (Å²) in [5.74, 6) is 0.600. The first kappa shape index (κ1) is 31.2. The molecule has 2 saturated heterocycles. The van der Waals surface area contributed by atoms with Crippen molar-refractivity contribution in [1.82, 2.24) is 20.9 Å². The Morgan fingerprint density at radius 1 is 1.15 bits per heavy atom. The number of benzene rings is 1. The molecule has 3 atom stereocenters. The molecule has 220 valence electrons. The Labute approximate surface area is 238 Å². The van der Waals surface area contributed by atoms with Crippen molar-refractivity contribution in [3.63, 3.8) is 0 Å². The molecule has 3 unspecified atom stereocenters. The van der Waals surface area contributed by atoms with Gasteiger partial charge in [-0.05, 0) is 63.1 Å². The molecule has 2 aliphatic heterocycles. The Bertz CT molecular complexity index is 1080. The molecule has 0 aromatic heterocycles. The van der Waals surface area contributed by atoms with E-state index in [9.17, 15) is 14.4 Å². The van der Waals surface area contributed by atoms with Crippen LogP contribution in [0.5, 0.6) is 11.5 Å². The first-order valence-corrected chi connectivity index (χ1v) is 14.4. The summed E-state index contributed by atoms with van der Waals surface area (Å²) >= 11 is 0. The number of nitrogens with one attached hydrogen (secondary N) is 3. The van der Waals surface area contributed by atoms with Crippen molar-refractivity contribution in [3.8, 4) is 11.5 Å². The number of fused-ring (bicyclic) bond motifs is 1. The second kappa shape index (κ2) is 15.5. The Morgan fingerprint density at radius 3 is 2.60 bits per heavy atom. The lowest BCUT2D eigenvalue weighted by molar-refractivity contribution is -0.130. The van der Waals surface area contributed by atoms with Crippen molar-refractivity contribution >= 4 is 17.7 Å². The van der Waals surface area contributed by atoms with Crippen molar-refractivity contribution in [2.75, 3.05) is 46.9 Å². The van der Waals surface area contributed by atoms with E-state index in [-0.39, 0.29) is 48.1 Å². The van der Waals surface area contributed by atoms with Gasteiger partial charge in [-0.25, -0.2) is 0 Å². The van der Waals surface area contributed by atoms with E-state index in [0.717, 1.165) is 6.54 Å². The molecule has 3 aliphatic rings. The molecule has 0 bridgehead atoms. The van der Waals surface area contributed by atoms with Crippen molar-refractivity contribution in [2.24, 2.45) is 17.8 Å². The van der Waals surface area contributed by atoms with Crippen molar-refractivity contribution in [1.29, 1.82) is 0 Å². The van der Waals surface area contributed by atoms with Crippen LogP contribution in [0.2, 0.25) is 0 Å². The fourth-order valence-corrected chi connectivity index (χ4v) is 5.50. The largest absolute Gasteiger partial charge is 0.493 e. The molecule has 40 heavy (non-hydrogen) atoms. The van der Waals surface area contributed by atoms with Gasteiger partial charge in [0.15, 0.2) is 11.5 Å². The van der Waals surface area contributed by atoms with Crippen LogP contribution < -0.4 is 25.4 Å². The van der Waals surface area contributed by atoms with E-state index in [2.05, 4.69) is 41.1 Å². The predicted octanol–water partition coefficient (Wildman–Crippen LogP) is 3.32. The average molecular weight is 555 g/mol. The molecule has 2 heterocycles. The molecule has 9 heteroatoms. The minimum absolute atomic E-state index is 0.00357. The second-order valence-corrected chi connectivity index (χ2v) is 10.9. The third-order valence-electron chi connectivity index (χ3n) is 7.55. The van der Waals surface area contributed by atoms with E-state index in [1.54, 1.807) is 35.8 Å². The Morgan fingerprint density at radius 2 is 1.95 bits per heavy atom. The Kier molecular flexibility index (Phi) is 12.1. The number of rotatable bonds is 9. The number of methoxy groups -OCH3 is 1. The average Bonchev–Trinajstić information content (AvgIpc) is 3.41. The van der Waals surface area contributed by atoms with Crippen LogP contribution in [0.25, 0.3) is 0 Å². The lowest BCUT2D eigenvalue weighted by Crippen LogP contribution is -2.50. The van der Waals surface area contributed by atoms with Crippen LogP contribution in [-0.4, -0.2) is 75.6 Å². The smallest absolute Gasteiger partial charge is 0.254 e. The number of hydrogen-bond acceptors (Lipinski definition) is 6. The number of likely N-dealkylation sites (tertiary alicyclic amines) is 1. The number of piperidine rings is 1. The number of hydrogen-bond donors (Lipinski definition) is 3. The van der Waals surface area contributed by atoms with Gasteiger partial charge in [-0.1, -0.05) is 37.1 Å². The standard InChI is InChI=1S/C22H32N4O5.C9H14/c1-13(2)31-18-6-5-14(7-19(18)30-4)22(29)26-11-15-8-24-9-16(17(15)12-26)21(28)25-10-20(27)23-3;1-2-6-9-7-4-3-5-8-9/h5-7,13,15-17,24H,8-12H2,1-4H3,(H,23,27)(H,25,28);3-4,7H,2,5-6,8H2,1H3. The molecule has 4 rings (SSSR count). The zero-order chi connectivity index (χ0) is 29.1. The fraction of sp³-hybridized carbons (Fsp3) is 0.581. The fourth-order valence-electron chi connectivity index (χ4n) is 5.50. The minimum atomic E-state index is -0.280. The van der Waals surface area contributed by atoms with Gasteiger partial charge in [-0.15, -0.1) is 0 Å². The van der Waals surface area contributed by atoms with E-state index >= 15 is 0 Å². The summed E-state index contributed by atoms with van der Waals surface area (Å²) in [7, 11) is 3.08. The Balaban J connectivity index is 0.000000415. The van der Waals surface area contributed by atoms with Gasteiger partial charge in [0, 0.05) is 38.8 Å². The number of allylic oxidation sites excluding steroid dienone is 4. The maximum atomic E-state index is 13.2. The number of carbonyl (C=O) groups is 3. The molecule has 3 amide bonds. The molecule has 0 saturated carbocycles. The summed E-state index contributed by atoms with van der Waals surface area (Å²) in [4.78, 5) is 39.1. The summed E-state index contributed by atoms with van der Waals surface area (Å²) in [5.41, 5.74) is 2.15. The molecule has 9 nitrogen and oxygen atoms in total. The van der Waals surface area contributed by atoms with Gasteiger partial charge in [0.2, 0.25) is 11.8 Å². The van der Waals surface area contributed by atoms with Gasteiger partial charge in [-0.2, -0.15) is 0 Å². The number of carbonyl (C=O) groups excluding carboxylic acids is 3. The van der Waals surface area contributed by atoms with Crippen LogP contribution in [0.4, 0.5) is 0 Å². The van der Waals surface area contributed by atoms with E-state index in [0.29, 0.717) is 36.7 Å². The van der Waals surface area contributed by atoms with Crippen LogP contribution in [0, 0.1) is 17.8 Å². The summed E-state index contributed by atoms with van der Waals surface area (Å²) < 4.78 is 11.1. The highest BCUT2D eigenvalue weighted by atomic mass is 16.5. The van der Waals surface area contributed by atoms with Gasteiger partial charge in [0.05, 0.1) is 25.7 Å². The summed E-state index contributed by atoms with van der Waals surface area (Å²) in [6, 6.07) is 5.20. The molecule has 0 radical (unpaired) electrons. The highest BCUT2D eigenvalue weighted by Crippen LogP contribution is 2.35. The van der Waals surface area contributed by atoms with Crippen LogP contribution in [0.1, 0.15) is 56.8 Å². The number of amides is 3. The SMILES string of the molecule is CCCC1=CC=CCC1.CNC(=O)CNC(=O)C1CNCC2CN(C(=O)c3ccc(OC(C)C)c(OC)c3)CC21. The summed E-state index contributed by atoms with van der Waals surface area (Å²) in [6.45, 7) is 8.45. The number of nitrogens with zero attached hydrogens (tertiary/aromatic N) is 1. The Hall–Kier alpha value is -3.33. The molecule has 3 N–H and O–H groups in total. The minimum Gasteiger partial charge on any atom is -0.493 e. The highest BCUT2D eigenvalue weighted by Gasteiger charge is 2.44.